The van der Waals surface area contributed by atoms with Crippen LogP contribution in [0, 0.1) is 20.8 Å². The molecule has 0 atom stereocenters. The van der Waals surface area contributed by atoms with Crippen LogP contribution in [0.4, 0.5) is 0 Å². The summed E-state index contributed by atoms with van der Waals surface area (Å²) >= 11 is 0. The van der Waals surface area contributed by atoms with Crippen LogP contribution in [-0.4, -0.2) is 29.5 Å². The van der Waals surface area contributed by atoms with E-state index in [1.807, 2.05) is 35.5 Å². The topological polar surface area (TPSA) is 61.4 Å². The predicted octanol–water partition coefficient (Wildman–Crippen LogP) is 2.99. The number of hydrogen-bond donors (Lipinski definition) is 0. The Kier molecular flexibility index (Phi) is 3.37. The molecular formula is C18H18N6. The molecule has 3 heterocycles. The fraction of sp³-hybridized carbons (Fsp3) is 0.222. The molecule has 0 saturated heterocycles. The molecule has 0 saturated carbocycles. The average molecular weight is 318 g/mol. The fourth-order valence-electron chi connectivity index (χ4n) is 2.87. The fourth-order valence-corrected chi connectivity index (χ4v) is 2.87. The molecule has 24 heavy (non-hydrogen) atoms. The van der Waals surface area contributed by atoms with Crippen molar-refractivity contribution in [3.8, 4) is 5.82 Å². The van der Waals surface area contributed by atoms with E-state index in [0.717, 1.165) is 28.2 Å². The molecule has 0 N–H and O–H groups in total. The smallest absolute Gasteiger partial charge is 0.168 e. The molecule has 6 nitrogen and oxygen atoms in total. The molecule has 0 aliphatic heterocycles. The number of aromatic nitrogens is 6. The van der Waals surface area contributed by atoms with E-state index in [2.05, 4.69) is 51.4 Å². The van der Waals surface area contributed by atoms with Gasteiger partial charge in [-0.25, -0.2) is 19.3 Å². The lowest BCUT2D eigenvalue weighted by atomic mass is 10.1. The van der Waals surface area contributed by atoms with E-state index in [-0.39, 0.29) is 0 Å². The summed E-state index contributed by atoms with van der Waals surface area (Å²) in [6, 6.07) is 10.5. The van der Waals surface area contributed by atoms with Crippen molar-refractivity contribution < 1.29 is 0 Å². The van der Waals surface area contributed by atoms with Crippen LogP contribution in [0.1, 0.15) is 22.5 Å². The number of benzene rings is 1. The maximum atomic E-state index is 4.52. The summed E-state index contributed by atoms with van der Waals surface area (Å²) in [6.07, 6.45) is 3.39. The Hall–Kier alpha value is -3.02. The Bertz CT molecular complexity index is 1010. The summed E-state index contributed by atoms with van der Waals surface area (Å²) < 4.78 is 3.74. The van der Waals surface area contributed by atoms with Crippen LogP contribution in [0.3, 0.4) is 0 Å². The number of fused-ring (bicyclic) bond motifs is 1. The molecule has 120 valence electrons. The van der Waals surface area contributed by atoms with Crippen LogP contribution in [0.25, 0.3) is 16.9 Å². The third-order valence-electron chi connectivity index (χ3n) is 4.08. The zero-order chi connectivity index (χ0) is 16.7. The molecule has 0 unspecified atom stereocenters. The predicted molar refractivity (Wildman–Crippen MR) is 92.2 cm³/mol. The molecule has 3 aromatic heterocycles. The lowest BCUT2D eigenvalue weighted by molar-refractivity contribution is 0.703. The average Bonchev–Trinajstić information content (AvgIpc) is 3.12. The Balaban J connectivity index is 1.79. The largest absolute Gasteiger partial charge is 0.243 e. The second-order valence-corrected chi connectivity index (χ2v) is 6.06. The van der Waals surface area contributed by atoms with Crippen LogP contribution in [0.5, 0.6) is 0 Å². The molecule has 0 fully saturated rings. The van der Waals surface area contributed by atoms with Gasteiger partial charge in [-0.15, -0.1) is 0 Å². The Morgan fingerprint density at radius 2 is 1.79 bits per heavy atom. The van der Waals surface area contributed by atoms with Gasteiger partial charge >= 0.3 is 0 Å². The highest BCUT2D eigenvalue weighted by atomic mass is 15.3. The van der Waals surface area contributed by atoms with Crippen molar-refractivity contribution >= 4 is 11.0 Å². The second kappa shape index (κ2) is 5.56. The zero-order valence-corrected chi connectivity index (χ0v) is 13.9. The van der Waals surface area contributed by atoms with Gasteiger partial charge < -0.3 is 0 Å². The highest BCUT2D eigenvalue weighted by Gasteiger charge is 2.14. The maximum Gasteiger partial charge on any atom is 0.168 e. The number of aryl methyl sites for hydroxylation is 3. The van der Waals surface area contributed by atoms with Crippen molar-refractivity contribution in [2.75, 3.05) is 0 Å². The van der Waals surface area contributed by atoms with Crippen LogP contribution in [0.15, 0.2) is 42.9 Å². The van der Waals surface area contributed by atoms with Crippen LogP contribution in [0.2, 0.25) is 0 Å². The van der Waals surface area contributed by atoms with E-state index >= 15 is 0 Å². The first-order valence-corrected chi connectivity index (χ1v) is 7.87. The van der Waals surface area contributed by atoms with Gasteiger partial charge in [-0.1, -0.05) is 29.8 Å². The molecule has 6 heteroatoms. The molecular weight excluding hydrogens is 300 g/mol. The minimum atomic E-state index is 0.678. The second-order valence-electron chi connectivity index (χ2n) is 6.06. The third kappa shape index (κ3) is 2.46. The van der Waals surface area contributed by atoms with Gasteiger partial charge in [-0.3, -0.25) is 0 Å². The minimum Gasteiger partial charge on any atom is -0.243 e. The van der Waals surface area contributed by atoms with Gasteiger partial charge in [-0.2, -0.15) is 10.2 Å². The van der Waals surface area contributed by atoms with E-state index < -0.39 is 0 Å². The standard InChI is InChI=1S/C18H18N6/c1-12-4-6-15(7-5-12)10-23-17-16(9-21-23)18(20-11-19-17)24-14(3)8-13(2)22-24/h4-9,11H,10H2,1-3H3. The quantitative estimate of drug-likeness (QED) is 0.582. The van der Waals surface area contributed by atoms with Crippen LogP contribution >= 0.6 is 0 Å². The van der Waals surface area contributed by atoms with E-state index in [0.29, 0.717) is 6.54 Å². The Labute approximate surface area is 139 Å². The number of nitrogens with zero attached hydrogens (tertiary/aromatic N) is 6. The summed E-state index contributed by atoms with van der Waals surface area (Å²) in [5.41, 5.74) is 5.26. The molecule has 0 aliphatic rings. The van der Waals surface area contributed by atoms with Crippen molar-refractivity contribution in [3.63, 3.8) is 0 Å². The number of rotatable bonds is 3. The number of hydrogen-bond acceptors (Lipinski definition) is 4. The van der Waals surface area contributed by atoms with Crippen molar-refractivity contribution in [1.29, 1.82) is 0 Å². The normalized spacial score (nSPS) is 11.3. The molecule has 0 aliphatic carbocycles. The third-order valence-corrected chi connectivity index (χ3v) is 4.08. The monoisotopic (exact) mass is 318 g/mol. The van der Waals surface area contributed by atoms with E-state index in [4.69, 9.17) is 0 Å². The van der Waals surface area contributed by atoms with E-state index in [1.165, 1.54) is 11.1 Å². The van der Waals surface area contributed by atoms with Gasteiger partial charge in [0.2, 0.25) is 0 Å². The first-order valence-electron chi connectivity index (χ1n) is 7.87. The summed E-state index contributed by atoms with van der Waals surface area (Å²) in [4.78, 5) is 8.85. The van der Waals surface area contributed by atoms with Gasteiger partial charge in [0.25, 0.3) is 0 Å². The molecule has 4 rings (SSSR count). The van der Waals surface area contributed by atoms with Gasteiger partial charge in [0.05, 0.1) is 23.8 Å². The summed E-state index contributed by atoms with van der Waals surface area (Å²) in [5.74, 6) is 0.765. The molecule has 4 aromatic rings. The van der Waals surface area contributed by atoms with Crippen molar-refractivity contribution in [3.05, 3.63) is 65.4 Å². The first kappa shape index (κ1) is 14.6. The maximum absolute atomic E-state index is 4.52. The van der Waals surface area contributed by atoms with Crippen molar-refractivity contribution in [1.82, 2.24) is 29.5 Å². The van der Waals surface area contributed by atoms with Gasteiger partial charge in [-0.05, 0) is 32.4 Å². The van der Waals surface area contributed by atoms with E-state index in [9.17, 15) is 0 Å². The first-order chi connectivity index (χ1) is 11.6. The van der Waals surface area contributed by atoms with Gasteiger partial charge in [0.15, 0.2) is 11.5 Å². The van der Waals surface area contributed by atoms with Gasteiger partial charge in [0.1, 0.15) is 6.33 Å². The van der Waals surface area contributed by atoms with Crippen LogP contribution < -0.4 is 0 Å². The summed E-state index contributed by atoms with van der Waals surface area (Å²) in [7, 11) is 0. The molecule has 0 radical (unpaired) electrons. The van der Waals surface area contributed by atoms with Crippen LogP contribution in [-0.2, 0) is 6.54 Å². The molecule has 0 spiro atoms. The highest BCUT2D eigenvalue weighted by molar-refractivity contribution is 5.82. The Morgan fingerprint density at radius 3 is 2.50 bits per heavy atom. The van der Waals surface area contributed by atoms with Crippen molar-refractivity contribution in [2.45, 2.75) is 27.3 Å². The summed E-state index contributed by atoms with van der Waals surface area (Å²) in [6.45, 7) is 6.76. The zero-order valence-electron chi connectivity index (χ0n) is 13.9. The minimum absolute atomic E-state index is 0.678. The van der Waals surface area contributed by atoms with Gasteiger partial charge in [0, 0.05) is 5.69 Å². The van der Waals surface area contributed by atoms with Crippen molar-refractivity contribution in [2.24, 2.45) is 0 Å². The lowest BCUT2D eigenvalue weighted by Gasteiger charge is -2.06. The molecule has 0 bridgehead atoms. The van der Waals surface area contributed by atoms with E-state index in [1.54, 1.807) is 6.33 Å². The summed E-state index contributed by atoms with van der Waals surface area (Å²) in [5, 5.41) is 9.93. The molecule has 1 aromatic carbocycles. The lowest BCUT2D eigenvalue weighted by Crippen LogP contribution is -2.05. The molecule has 0 amide bonds. The Morgan fingerprint density at radius 1 is 1.00 bits per heavy atom. The SMILES string of the molecule is Cc1ccc(Cn2ncc3c(-n4nc(C)cc4C)ncnc32)cc1. The highest BCUT2D eigenvalue weighted by Crippen LogP contribution is 2.20.